The Morgan fingerprint density at radius 1 is 1.39 bits per heavy atom. The van der Waals surface area contributed by atoms with Crippen molar-refractivity contribution in [3.05, 3.63) is 0 Å². The maximum atomic E-state index is 11.4. The second kappa shape index (κ2) is 11.3. The highest BCUT2D eigenvalue weighted by Gasteiger charge is 2.05. The Hall–Kier alpha value is -0.750. The summed E-state index contributed by atoms with van der Waals surface area (Å²) in [4.78, 5) is 22.4. The molecule has 1 amide bonds. The van der Waals surface area contributed by atoms with Gasteiger partial charge in [-0.25, -0.2) is 0 Å². The molecule has 0 bridgehead atoms. The topological polar surface area (TPSA) is 81.4 Å². The summed E-state index contributed by atoms with van der Waals surface area (Å²) in [6.45, 7) is 4.72. The number of nitrogens with one attached hydrogen (secondary N) is 1. The second-order valence-electron chi connectivity index (χ2n) is 3.94. The van der Waals surface area contributed by atoms with Gasteiger partial charge in [0.1, 0.15) is 0 Å². The summed E-state index contributed by atoms with van der Waals surface area (Å²) in [7, 11) is 0. The summed E-state index contributed by atoms with van der Waals surface area (Å²) < 4.78 is 4.78. The van der Waals surface area contributed by atoms with Gasteiger partial charge in [-0.1, -0.05) is 6.92 Å². The van der Waals surface area contributed by atoms with Crippen LogP contribution in [0.1, 0.15) is 33.1 Å². The van der Waals surface area contributed by atoms with Crippen molar-refractivity contribution >= 4 is 23.6 Å². The van der Waals surface area contributed by atoms with E-state index in [1.807, 2.05) is 6.92 Å². The lowest BCUT2D eigenvalue weighted by molar-refractivity contribution is -0.143. The average molecular weight is 276 g/mol. The molecule has 6 heteroatoms. The molecule has 5 nitrogen and oxygen atoms in total. The maximum Gasteiger partial charge on any atom is 0.305 e. The van der Waals surface area contributed by atoms with Crippen molar-refractivity contribution in [3.8, 4) is 0 Å². The Balaban J connectivity index is 3.40. The number of carbonyl (C=O) groups excluding carboxylic acids is 2. The molecule has 0 fully saturated rings. The molecule has 18 heavy (non-hydrogen) atoms. The van der Waals surface area contributed by atoms with Crippen molar-refractivity contribution in [2.24, 2.45) is 5.73 Å². The molecular formula is C12H24N2O3S. The first kappa shape index (κ1) is 17.2. The number of carbonyl (C=O) groups is 2. The molecule has 0 aliphatic carbocycles. The molecule has 0 heterocycles. The third kappa shape index (κ3) is 10.4. The Morgan fingerprint density at radius 2 is 2.11 bits per heavy atom. The summed E-state index contributed by atoms with van der Waals surface area (Å²) in [6.07, 6.45) is 1.89. The molecule has 0 aromatic carbocycles. The van der Waals surface area contributed by atoms with Crippen molar-refractivity contribution in [1.29, 1.82) is 0 Å². The highest BCUT2D eigenvalue weighted by Crippen LogP contribution is 2.03. The summed E-state index contributed by atoms with van der Waals surface area (Å²) in [6, 6.07) is 0.159. The molecule has 106 valence electrons. The fraction of sp³-hybridized carbons (Fsp3) is 0.833. The fourth-order valence-corrected chi connectivity index (χ4v) is 2.11. The zero-order valence-electron chi connectivity index (χ0n) is 11.2. The largest absolute Gasteiger partial charge is 0.466 e. The van der Waals surface area contributed by atoms with E-state index in [1.54, 1.807) is 6.92 Å². The SMILES string of the molecule is CCOC(=O)CCCNC(=O)CSCC(N)CC. The minimum absolute atomic E-state index is 0.00726. The van der Waals surface area contributed by atoms with Gasteiger partial charge in [-0.3, -0.25) is 9.59 Å². The highest BCUT2D eigenvalue weighted by atomic mass is 32.2. The predicted molar refractivity (Wildman–Crippen MR) is 74.5 cm³/mol. The van der Waals surface area contributed by atoms with Gasteiger partial charge in [0, 0.05) is 24.8 Å². The average Bonchev–Trinajstić information content (AvgIpc) is 2.34. The van der Waals surface area contributed by atoms with Crippen LogP contribution in [0.2, 0.25) is 0 Å². The van der Waals surface area contributed by atoms with Crippen molar-refractivity contribution in [3.63, 3.8) is 0 Å². The van der Waals surface area contributed by atoms with E-state index in [2.05, 4.69) is 5.32 Å². The Kier molecular flexibility index (Phi) is 10.9. The van der Waals surface area contributed by atoms with E-state index in [1.165, 1.54) is 11.8 Å². The number of esters is 1. The fourth-order valence-electron chi connectivity index (χ4n) is 1.17. The van der Waals surface area contributed by atoms with Gasteiger partial charge in [0.05, 0.1) is 12.4 Å². The summed E-state index contributed by atoms with van der Waals surface area (Å²) in [5.41, 5.74) is 5.74. The van der Waals surface area contributed by atoms with Gasteiger partial charge in [-0.2, -0.15) is 11.8 Å². The lowest BCUT2D eigenvalue weighted by atomic mass is 10.3. The quantitative estimate of drug-likeness (QED) is 0.458. The van der Waals surface area contributed by atoms with Crippen LogP contribution >= 0.6 is 11.8 Å². The molecule has 0 spiro atoms. The van der Waals surface area contributed by atoms with Gasteiger partial charge >= 0.3 is 5.97 Å². The van der Waals surface area contributed by atoms with Gasteiger partial charge in [-0.15, -0.1) is 0 Å². The maximum absolute atomic E-state index is 11.4. The molecule has 0 aliphatic heterocycles. The van der Waals surface area contributed by atoms with Gasteiger partial charge in [0.15, 0.2) is 0 Å². The van der Waals surface area contributed by atoms with Crippen molar-refractivity contribution in [1.82, 2.24) is 5.32 Å². The molecule has 0 saturated carbocycles. The third-order valence-electron chi connectivity index (χ3n) is 2.27. The second-order valence-corrected chi connectivity index (χ2v) is 4.97. The smallest absolute Gasteiger partial charge is 0.305 e. The zero-order chi connectivity index (χ0) is 13.8. The van der Waals surface area contributed by atoms with E-state index in [0.29, 0.717) is 31.7 Å². The highest BCUT2D eigenvalue weighted by molar-refractivity contribution is 7.99. The number of hydrogen-bond acceptors (Lipinski definition) is 5. The van der Waals surface area contributed by atoms with Crippen LogP contribution in [0.25, 0.3) is 0 Å². The van der Waals surface area contributed by atoms with Crippen LogP contribution in [-0.4, -0.2) is 42.6 Å². The van der Waals surface area contributed by atoms with Crippen LogP contribution in [0, 0.1) is 0 Å². The van der Waals surface area contributed by atoms with Crippen LogP contribution in [0.4, 0.5) is 0 Å². The summed E-state index contributed by atoms with van der Waals surface area (Å²) in [5.74, 6) is 1.00. The Morgan fingerprint density at radius 3 is 2.72 bits per heavy atom. The molecule has 0 rings (SSSR count). The monoisotopic (exact) mass is 276 g/mol. The van der Waals surface area contributed by atoms with Crippen molar-refractivity contribution < 1.29 is 14.3 Å². The zero-order valence-corrected chi connectivity index (χ0v) is 12.1. The van der Waals surface area contributed by atoms with E-state index in [4.69, 9.17) is 10.5 Å². The molecule has 0 radical (unpaired) electrons. The van der Waals surface area contributed by atoms with Gasteiger partial charge < -0.3 is 15.8 Å². The molecule has 3 N–H and O–H groups in total. The molecular weight excluding hydrogens is 252 g/mol. The molecule has 0 aliphatic rings. The van der Waals surface area contributed by atoms with Crippen molar-refractivity contribution in [2.75, 3.05) is 24.7 Å². The van der Waals surface area contributed by atoms with Gasteiger partial charge in [-0.05, 0) is 19.8 Å². The Labute approximate surface area is 113 Å². The molecule has 1 atom stereocenters. The van der Waals surface area contributed by atoms with Crippen LogP contribution in [0.3, 0.4) is 0 Å². The first-order valence-corrected chi connectivity index (χ1v) is 7.51. The van der Waals surface area contributed by atoms with Crippen molar-refractivity contribution in [2.45, 2.75) is 39.2 Å². The third-order valence-corrected chi connectivity index (χ3v) is 3.40. The van der Waals surface area contributed by atoms with Crippen LogP contribution < -0.4 is 11.1 Å². The van der Waals surface area contributed by atoms with E-state index in [0.717, 1.165) is 12.2 Å². The van der Waals surface area contributed by atoms with E-state index < -0.39 is 0 Å². The van der Waals surface area contributed by atoms with E-state index in [9.17, 15) is 9.59 Å². The molecule has 1 unspecified atom stereocenters. The lowest BCUT2D eigenvalue weighted by Gasteiger charge is -2.08. The standard InChI is InChI=1S/C12H24N2O3S/c1-3-10(13)8-18-9-11(15)14-7-5-6-12(16)17-4-2/h10H,3-9,13H2,1-2H3,(H,14,15). The normalized spacial score (nSPS) is 11.9. The number of nitrogens with two attached hydrogens (primary N) is 1. The molecule has 0 aromatic rings. The minimum Gasteiger partial charge on any atom is -0.466 e. The number of hydrogen-bond donors (Lipinski definition) is 2. The lowest BCUT2D eigenvalue weighted by Crippen LogP contribution is -2.28. The predicted octanol–water partition coefficient (Wildman–Crippen LogP) is 0.916. The Bertz CT molecular complexity index is 249. The number of thioether (sulfide) groups is 1. The summed E-state index contributed by atoms with van der Waals surface area (Å²) >= 11 is 1.54. The number of rotatable bonds is 10. The van der Waals surface area contributed by atoms with Gasteiger partial charge in [0.25, 0.3) is 0 Å². The first-order valence-electron chi connectivity index (χ1n) is 6.35. The van der Waals surface area contributed by atoms with Crippen LogP contribution in [-0.2, 0) is 14.3 Å². The number of amides is 1. The summed E-state index contributed by atoms with van der Waals surface area (Å²) in [5, 5.41) is 2.76. The minimum atomic E-state index is -0.213. The van der Waals surface area contributed by atoms with Gasteiger partial charge in [0.2, 0.25) is 5.91 Å². The first-order chi connectivity index (χ1) is 8.60. The van der Waals surface area contributed by atoms with E-state index >= 15 is 0 Å². The molecule has 0 saturated heterocycles. The van der Waals surface area contributed by atoms with Crippen LogP contribution in [0.15, 0.2) is 0 Å². The molecule has 0 aromatic heterocycles. The number of ether oxygens (including phenoxy) is 1. The van der Waals surface area contributed by atoms with E-state index in [-0.39, 0.29) is 17.9 Å². The van der Waals surface area contributed by atoms with Crippen LogP contribution in [0.5, 0.6) is 0 Å².